The van der Waals surface area contributed by atoms with E-state index >= 15 is 0 Å². The monoisotopic (exact) mass is 193 g/mol. The van der Waals surface area contributed by atoms with Crippen molar-refractivity contribution in [1.82, 2.24) is 4.90 Å². The van der Waals surface area contributed by atoms with E-state index in [0.29, 0.717) is 0 Å². The van der Waals surface area contributed by atoms with E-state index in [0.717, 1.165) is 25.9 Å². The molecule has 1 aliphatic heterocycles. The number of hydrogen-bond donors (Lipinski definition) is 1. The standard InChI is InChI=1S/C8H15NO2.ClH/c1-7(8(10)11)9-5-3-2-4-6-9;/h7H,2-6H2,1H3,(H,10,11);1H. The summed E-state index contributed by atoms with van der Waals surface area (Å²) < 4.78 is 0. The van der Waals surface area contributed by atoms with Crippen molar-refractivity contribution in [3.05, 3.63) is 0 Å². The van der Waals surface area contributed by atoms with Crippen molar-refractivity contribution in [2.45, 2.75) is 32.2 Å². The van der Waals surface area contributed by atoms with Crippen LogP contribution in [0, 0.1) is 0 Å². The van der Waals surface area contributed by atoms with Gasteiger partial charge in [0.1, 0.15) is 6.04 Å². The molecule has 0 spiro atoms. The number of nitrogens with zero attached hydrogens (tertiary/aromatic N) is 1. The Labute approximate surface area is 79.2 Å². The molecule has 4 heteroatoms. The Morgan fingerprint density at radius 1 is 1.33 bits per heavy atom. The molecule has 0 radical (unpaired) electrons. The summed E-state index contributed by atoms with van der Waals surface area (Å²) >= 11 is 0. The molecule has 0 bridgehead atoms. The highest BCUT2D eigenvalue weighted by atomic mass is 35.5. The van der Waals surface area contributed by atoms with Crippen molar-refractivity contribution in [1.29, 1.82) is 0 Å². The summed E-state index contributed by atoms with van der Waals surface area (Å²) in [5, 5.41) is 8.69. The van der Waals surface area contributed by atoms with Gasteiger partial charge in [-0.1, -0.05) is 6.42 Å². The fourth-order valence-corrected chi connectivity index (χ4v) is 1.46. The average molecular weight is 194 g/mol. The summed E-state index contributed by atoms with van der Waals surface area (Å²) in [6.45, 7) is 3.66. The first-order valence-corrected chi connectivity index (χ1v) is 4.18. The van der Waals surface area contributed by atoms with Crippen molar-refractivity contribution in [3.8, 4) is 0 Å². The summed E-state index contributed by atoms with van der Waals surface area (Å²) in [5.41, 5.74) is 0. The Morgan fingerprint density at radius 3 is 2.25 bits per heavy atom. The van der Waals surface area contributed by atoms with Crippen LogP contribution in [-0.2, 0) is 4.79 Å². The van der Waals surface area contributed by atoms with E-state index in [4.69, 9.17) is 5.11 Å². The third-order valence-electron chi connectivity index (χ3n) is 2.30. The van der Waals surface area contributed by atoms with Crippen LogP contribution in [-0.4, -0.2) is 35.1 Å². The number of halogens is 1. The van der Waals surface area contributed by atoms with Crippen LogP contribution in [0.3, 0.4) is 0 Å². The highest BCUT2D eigenvalue weighted by molar-refractivity contribution is 5.85. The van der Waals surface area contributed by atoms with E-state index in [2.05, 4.69) is 0 Å². The Balaban J connectivity index is 0.00000121. The van der Waals surface area contributed by atoms with E-state index in [1.54, 1.807) is 6.92 Å². The molecule has 0 aromatic rings. The van der Waals surface area contributed by atoms with Gasteiger partial charge in [0.25, 0.3) is 0 Å². The molecule has 1 fully saturated rings. The van der Waals surface area contributed by atoms with Crippen LogP contribution < -0.4 is 0 Å². The number of piperidine rings is 1. The molecular weight excluding hydrogens is 178 g/mol. The van der Waals surface area contributed by atoms with E-state index in [1.165, 1.54) is 6.42 Å². The Bertz CT molecular complexity index is 146. The molecule has 1 N–H and O–H groups in total. The molecule has 1 heterocycles. The second-order valence-electron chi connectivity index (χ2n) is 3.11. The quantitative estimate of drug-likeness (QED) is 0.720. The molecule has 3 nitrogen and oxygen atoms in total. The summed E-state index contributed by atoms with van der Waals surface area (Å²) in [6.07, 6.45) is 3.55. The number of likely N-dealkylation sites (tertiary alicyclic amines) is 1. The van der Waals surface area contributed by atoms with Crippen LogP contribution in [0.25, 0.3) is 0 Å². The number of carboxylic acid groups (broad SMARTS) is 1. The minimum atomic E-state index is -0.702. The topological polar surface area (TPSA) is 40.5 Å². The molecule has 72 valence electrons. The number of carbonyl (C=O) groups is 1. The molecule has 0 saturated carbocycles. The van der Waals surface area contributed by atoms with E-state index in [1.807, 2.05) is 4.90 Å². The van der Waals surface area contributed by atoms with Crippen LogP contribution in [0.1, 0.15) is 26.2 Å². The lowest BCUT2D eigenvalue weighted by molar-refractivity contribution is -0.142. The number of rotatable bonds is 2. The predicted molar refractivity (Wildman–Crippen MR) is 49.8 cm³/mol. The predicted octanol–water partition coefficient (Wildman–Crippen LogP) is 1.37. The highest BCUT2D eigenvalue weighted by Crippen LogP contribution is 2.11. The van der Waals surface area contributed by atoms with Crippen LogP contribution in [0.4, 0.5) is 0 Å². The highest BCUT2D eigenvalue weighted by Gasteiger charge is 2.21. The zero-order valence-electron chi connectivity index (χ0n) is 7.32. The molecule has 0 aromatic carbocycles. The Morgan fingerprint density at radius 2 is 1.83 bits per heavy atom. The van der Waals surface area contributed by atoms with Gasteiger partial charge in [-0.3, -0.25) is 9.69 Å². The maximum absolute atomic E-state index is 10.6. The second-order valence-corrected chi connectivity index (χ2v) is 3.11. The van der Waals surface area contributed by atoms with E-state index in [-0.39, 0.29) is 18.4 Å². The van der Waals surface area contributed by atoms with Gasteiger partial charge in [0, 0.05) is 0 Å². The van der Waals surface area contributed by atoms with Gasteiger partial charge in [-0.2, -0.15) is 0 Å². The molecule has 12 heavy (non-hydrogen) atoms. The second kappa shape index (κ2) is 5.38. The summed E-state index contributed by atoms with van der Waals surface area (Å²) in [7, 11) is 0. The molecular formula is C8H16ClNO2. The van der Waals surface area contributed by atoms with Crippen LogP contribution >= 0.6 is 12.4 Å². The molecule has 0 amide bonds. The van der Waals surface area contributed by atoms with E-state index < -0.39 is 5.97 Å². The lowest BCUT2D eigenvalue weighted by Gasteiger charge is -2.29. The van der Waals surface area contributed by atoms with Gasteiger partial charge in [-0.25, -0.2) is 0 Å². The fourth-order valence-electron chi connectivity index (χ4n) is 1.46. The van der Waals surface area contributed by atoms with Crippen molar-refractivity contribution in [2.75, 3.05) is 13.1 Å². The van der Waals surface area contributed by atoms with Crippen LogP contribution in [0.2, 0.25) is 0 Å². The van der Waals surface area contributed by atoms with Crippen LogP contribution in [0.5, 0.6) is 0 Å². The fraction of sp³-hybridized carbons (Fsp3) is 0.875. The van der Waals surface area contributed by atoms with Gasteiger partial charge in [-0.15, -0.1) is 12.4 Å². The SMILES string of the molecule is CC(C(=O)O)N1CCCCC1.Cl. The first-order chi connectivity index (χ1) is 5.22. The largest absolute Gasteiger partial charge is 0.480 e. The third kappa shape index (κ3) is 2.99. The summed E-state index contributed by atoms with van der Waals surface area (Å²) in [6, 6.07) is -0.296. The van der Waals surface area contributed by atoms with Crippen molar-refractivity contribution < 1.29 is 9.90 Å². The summed E-state index contributed by atoms with van der Waals surface area (Å²) in [5.74, 6) is -0.702. The normalized spacial score (nSPS) is 21.1. The first-order valence-electron chi connectivity index (χ1n) is 4.18. The first kappa shape index (κ1) is 11.7. The van der Waals surface area contributed by atoms with Gasteiger partial charge in [0.05, 0.1) is 0 Å². The molecule has 0 aliphatic carbocycles. The van der Waals surface area contributed by atoms with Gasteiger partial charge < -0.3 is 5.11 Å². The zero-order chi connectivity index (χ0) is 8.27. The minimum absolute atomic E-state index is 0. The number of aliphatic carboxylic acids is 1. The van der Waals surface area contributed by atoms with Crippen molar-refractivity contribution in [2.24, 2.45) is 0 Å². The molecule has 1 atom stereocenters. The maximum atomic E-state index is 10.6. The van der Waals surface area contributed by atoms with Gasteiger partial charge in [0.15, 0.2) is 0 Å². The van der Waals surface area contributed by atoms with Gasteiger partial charge in [-0.05, 0) is 32.9 Å². The lowest BCUT2D eigenvalue weighted by Crippen LogP contribution is -2.41. The van der Waals surface area contributed by atoms with Gasteiger partial charge in [0.2, 0.25) is 0 Å². The Hall–Kier alpha value is -0.280. The Kier molecular flexibility index (Phi) is 5.25. The number of hydrogen-bond acceptors (Lipinski definition) is 2. The van der Waals surface area contributed by atoms with Crippen LogP contribution in [0.15, 0.2) is 0 Å². The number of carboxylic acids is 1. The van der Waals surface area contributed by atoms with Gasteiger partial charge >= 0.3 is 5.97 Å². The smallest absolute Gasteiger partial charge is 0.320 e. The third-order valence-corrected chi connectivity index (χ3v) is 2.30. The average Bonchev–Trinajstić information content (AvgIpc) is 2.05. The molecule has 1 rings (SSSR count). The molecule has 1 saturated heterocycles. The van der Waals surface area contributed by atoms with Crippen molar-refractivity contribution in [3.63, 3.8) is 0 Å². The lowest BCUT2D eigenvalue weighted by atomic mass is 10.1. The van der Waals surface area contributed by atoms with Crippen molar-refractivity contribution >= 4 is 18.4 Å². The minimum Gasteiger partial charge on any atom is -0.480 e. The molecule has 1 aliphatic rings. The molecule has 0 aromatic heterocycles. The maximum Gasteiger partial charge on any atom is 0.320 e. The zero-order valence-corrected chi connectivity index (χ0v) is 8.14. The molecule has 1 unspecified atom stereocenters. The summed E-state index contributed by atoms with van der Waals surface area (Å²) in [4.78, 5) is 12.6. The van der Waals surface area contributed by atoms with E-state index in [9.17, 15) is 4.79 Å².